The first-order chi connectivity index (χ1) is 11.4. The van der Waals surface area contributed by atoms with Gasteiger partial charge in [-0.05, 0) is 42.0 Å². The summed E-state index contributed by atoms with van der Waals surface area (Å²) in [4.78, 5) is 15.8. The van der Waals surface area contributed by atoms with Crippen LogP contribution in [0.1, 0.15) is 5.56 Å². The smallest absolute Gasteiger partial charge is 0.260 e. The quantitative estimate of drug-likeness (QED) is 0.621. The monoisotopic (exact) mass is 366 g/mol. The van der Waals surface area contributed by atoms with E-state index < -0.39 is 22.5 Å². The number of sulfonamides is 1. The molecule has 0 radical (unpaired) electrons. The van der Waals surface area contributed by atoms with Gasteiger partial charge in [0.15, 0.2) is 0 Å². The number of hydrogen-bond donors (Lipinski definition) is 1. The van der Waals surface area contributed by atoms with Gasteiger partial charge < -0.3 is 0 Å². The fourth-order valence-corrected chi connectivity index (χ4v) is 2.78. The summed E-state index contributed by atoms with van der Waals surface area (Å²) >= 11 is 5.79. The van der Waals surface area contributed by atoms with Crippen LogP contribution < -0.4 is 9.73 Å². The molecule has 0 saturated carbocycles. The Bertz CT molecular complexity index is 824. The summed E-state index contributed by atoms with van der Waals surface area (Å²) in [5, 5.41) is 4.26. The van der Waals surface area contributed by atoms with Crippen molar-refractivity contribution in [3.63, 3.8) is 0 Å². The summed E-state index contributed by atoms with van der Waals surface area (Å²) in [5.41, 5.74) is 3.39. The molecule has 9 heteroatoms. The molecule has 1 amide bonds. The Morgan fingerprint density at radius 1 is 1.25 bits per heavy atom. The molecule has 0 fully saturated rings. The number of hydrogen-bond acceptors (Lipinski definition) is 5. The van der Waals surface area contributed by atoms with Crippen molar-refractivity contribution in [3.8, 4) is 0 Å². The van der Waals surface area contributed by atoms with Crippen molar-refractivity contribution in [1.29, 1.82) is 0 Å². The molecule has 0 aliphatic heterocycles. The molecule has 1 N–H and O–H groups in total. The summed E-state index contributed by atoms with van der Waals surface area (Å²) in [6.07, 6.45) is 5.64. The summed E-state index contributed by atoms with van der Waals surface area (Å²) < 4.78 is 24.8. The average Bonchev–Trinajstić information content (AvgIpc) is 2.54. The number of amides is 1. The van der Waals surface area contributed by atoms with Gasteiger partial charge in [-0.15, -0.1) is 0 Å². The van der Waals surface area contributed by atoms with Crippen molar-refractivity contribution in [1.82, 2.24) is 10.4 Å². The van der Waals surface area contributed by atoms with Crippen LogP contribution in [0.5, 0.6) is 0 Å². The van der Waals surface area contributed by atoms with E-state index in [4.69, 9.17) is 11.6 Å². The number of pyridine rings is 1. The zero-order valence-corrected chi connectivity index (χ0v) is 14.3. The van der Waals surface area contributed by atoms with Gasteiger partial charge in [-0.2, -0.15) is 5.10 Å². The molecule has 1 aromatic heterocycles. The van der Waals surface area contributed by atoms with Crippen molar-refractivity contribution in [2.45, 2.75) is 0 Å². The summed E-state index contributed by atoms with van der Waals surface area (Å²) in [5.74, 6) is -0.569. The predicted octanol–water partition coefficient (Wildman–Crippen LogP) is 1.65. The molecule has 0 bridgehead atoms. The summed E-state index contributed by atoms with van der Waals surface area (Å²) in [6.45, 7) is -0.395. The van der Waals surface area contributed by atoms with Gasteiger partial charge in [-0.1, -0.05) is 11.6 Å². The highest BCUT2D eigenvalue weighted by atomic mass is 35.5. The van der Waals surface area contributed by atoms with Crippen LogP contribution in [0.3, 0.4) is 0 Å². The molecule has 1 heterocycles. The topological polar surface area (TPSA) is 91.7 Å². The lowest BCUT2D eigenvalue weighted by atomic mass is 10.3. The maximum atomic E-state index is 12.0. The second kappa shape index (κ2) is 7.89. The molecule has 24 heavy (non-hydrogen) atoms. The SMILES string of the molecule is CS(=O)(=O)N(CC(=O)N/N=C\c1ccncc1)c1ccc(Cl)cc1. The highest BCUT2D eigenvalue weighted by molar-refractivity contribution is 7.92. The second-order valence-electron chi connectivity index (χ2n) is 4.82. The molecule has 2 rings (SSSR count). The minimum absolute atomic E-state index is 0.343. The van der Waals surface area contributed by atoms with Crippen LogP contribution in [0.2, 0.25) is 5.02 Å². The minimum atomic E-state index is -3.63. The van der Waals surface area contributed by atoms with Crippen molar-refractivity contribution in [3.05, 3.63) is 59.4 Å². The normalized spacial score (nSPS) is 11.4. The van der Waals surface area contributed by atoms with Gasteiger partial charge in [0, 0.05) is 17.4 Å². The van der Waals surface area contributed by atoms with Crippen molar-refractivity contribution < 1.29 is 13.2 Å². The fraction of sp³-hybridized carbons (Fsp3) is 0.133. The van der Waals surface area contributed by atoms with Crippen LogP contribution in [0.4, 0.5) is 5.69 Å². The lowest BCUT2D eigenvalue weighted by molar-refractivity contribution is -0.119. The fourth-order valence-electron chi connectivity index (χ4n) is 1.80. The first-order valence-electron chi connectivity index (χ1n) is 6.81. The van der Waals surface area contributed by atoms with E-state index in [1.54, 1.807) is 36.7 Å². The Kier molecular flexibility index (Phi) is 5.88. The number of anilines is 1. The average molecular weight is 367 g/mol. The van der Waals surface area contributed by atoms with Crippen LogP contribution >= 0.6 is 11.6 Å². The molecule has 0 saturated heterocycles. The maximum absolute atomic E-state index is 12.0. The highest BCUT2D eigenvalue weighted by Crippen LogP contribution is 2.20. The molecular formula is C15H15ClN4O3S. The number of benzene rings is 1. The number of carbonyl (C=O) groups excluding carboxylic acids is 1. The number of nitrogens with one attached hydrogen (secondary N) is 1. The predicted molar refractivity (Wildman–Crippen MR) is 93.6 cm³/mol. The van der Waals surface area contributed by atoms with Crippen LogP contribution in [0.25, 0.3) is 0 Å². The van der Waals surface area contributed by atoms with Gasteiger partial charge >= 0.3 is 0 Å². The highest BCUT2D eigenvalue weighted by Gasteiger charge is 2.20. The molecule has 0 spiro atoms. The van der Waals surface area contributed by atoms with Crippen molar-refractivity contribution in [2.75, 3.05) is 17.1 Å². The third-order valence-corrected chi connectivity index (χ3v) is 4.30. The van der Waals surface area contributed by atoms with Crippen LogP contribution in [-0.4, -0.2) is 38.3 Å². The number of nitrogens with zero attached hydrogens (tertiary/aromatic N) is 3. The van der Waals surface area contributed by atoms with Gasteiger partial charge in [-0.3, -0.25) is 14.1 Å². The largest absolute Gasteiger partial charge is 0.271 e. The van der Waals surface area contributed by atoms with E-state index >= 15 is 0 Å². The summed E-state index contributed by atoms with van der Waals surface area (Å²) in [6, 6.07) is 9.58. The van der Waals surface area contributed by atoms with Crippen molar-refractivity contribution >= 4 is 39.4 Å². The van der Waals surface area contributed by atoms with E-state index in [1.165, 1.54) is 18.3 Å². The van der Waals surface area contributed by atoms with Crippen LogP contribution in [0.15, 0.2) is 53.9 Å². The van der Waals surface area contributed by atoms with E-state index in [0.29, 0.717) is 10.7 Å². The molecule has 0 atom stereocenters. The number of hydrazone groups is 1. The third kappa shape index (κ3) is 5.32. The third-order valence-electron chi connectivity index (χ3n) is 2.91. The Balaban J connectivity index is 2.05. The van der Waals surface area contributed by atoms with Gasteiger partial charge in [0.05, 0.1) is 18.2 Å². The molecule has 0 aliphatic rings. The van der Waals surface area contributed by atoms with Gasteiger partial charge in [-0.25, -0.2) is 13.8 Å². The molecule has 0 aliphatic carbocycles. The zero-order chi connectivity index (χ0) is 17.6. The van der Waals surface area contributed by atoms with Gasteiger partial charge in [0.2, 0.25) is 10.0 Å². The van der Waals surface area contributed by atoms with Gasteiger partial charge in [0.25, 0.3) is 5.91 Å². The van der Waals surface area contributed by atoms with Gasteiger partial charge in [0.1, 0.15) is 6.54 Å². The Labute approximate surface area is 145 Å². The first-order valence-corrected chi connectivity index (χ1v) is 9.04. The van der Waals surface area contributed by atoms with E-state index in [1.807, 2.05) is 0 Å². The standard InChI is InChI=1S/C15H15ClN4O3S/c1-24(22,23)20(14-4-2-13(16)3-5-14)11-15(21)19-18-10-12-6-8-17-9-7-12/h2-10H,11H2,1H3,(H,19,21)/b18-10-. The number of halogens is 1. The molecule has 2 aromatic rings. The number of carbonyl (C=O) groups is 1. The van der Waals surface area contributed by atoms with Crippen LogP contribution in [-0.2, 0) is 14.8 Å². The van der Waals surface area contributed by atoms with E-state index in [-0.39, 0.29) is 0 Å². The van der Waals surface area contributed by atoms with Crippen LogP contribution in [0, 0.1) is 0 Å². The lowest BCUT2D eigenvalue weighted by Gasteiger charge is -2.21. The Morgan fingerprint density at radius 2 is 1.88 bits per heavy atom. The zero-order valence-electron chi connectivity index (χ0n) is 12.8. The Morgan fingerprint density at radius 3 is 2.46 bits per heavy atom. The molecular weight excluding hydrogens is 352 g/mol. The van der Waals surface area contributed by atoms with E-state index in [0.717, 1.165) is 16.1 Å². The number of aromatic nitrogens is 1. The van der Waals surface area contributed by atoms with E-state index in [2.05, 4.69) is 15.5 Å². The molecule has 1 aromatic carbocycles. The maximum Gasteiger partial charge on any atom is 0.260 e. The summed E-state index contributed by atoms with van der Waals surface area (Å²) in [7, 11) is -3.63. The molecule has 0 unspecified atom stereocenters. The molecule has 126 valence electrons. The molecule has 7 nitrogen and oxygen atoms in total. The minimum Gasteiger partial charge on any atom is -0.271 e. The first kappa shape index (κ1) is 17.9. The number of rotatable bonds is 6. The second-order valence-corrected chi connectivity index (χ2v) is 7.16. The Hall–Kier alpha value is -2.45. The van der Waals surface area contributed by atoms with Crippen molar-refractivity contribution in [2.24, 2.45) is 5.10 Å². The van der Waals surface area contributed by atoms with E-state index in [9.17, 15) is 13.2 Å². The lowest BCUT2D eigenvalue weighted by Crippen LogP contribution is -2.38.